The number of carboxylic acids is 1. The molecule has 2 aromatic carbocycles. The van der Waals surface area contributed by atoms with Crippen LogP contribution in [0.4, 0.5) is 0 Å². The van der Waals surface area contributed by atoms with Crippen molar-refractivity contribution in [2.24, 2.45) is 0 Å². The molecular weight excluding hydrogens is 298 g/mol. The number of carboxylic acid groups (broad SMARTS) is 1. The van der Waals surface area contributed by atoms with Gasteiger partial charge in [-0.3, -0.25) is 4.79 Å². The third-order valence-electron chi connectivity index (χ3n) is 3.99. The summed E-state index contributed by atoms with van der Waals surface area (Å²) in [6, 6.07) is 13.8. The molecule has 22 heavy (non-hydrogen) atoms. The maximum Gasteiger partial charge on any atom is 0.330 e. The number of hydrogen-bond acceptors (Lipinski definition) is 3. The Bertz CT molecular complexity index is 723. The molecule has 0 radical (unpaired) electrons. The topological polar surface area (TPSA) is 66.4 Å². The lowest BCUT2D eigenvalue weighted by Gasteiger charge is -2.24. The molecule has 4 nitrogen and oxygen atoms in total. The molecular formula is C17H17NO3S. The Labute approximate surface area is 132 Å². The van der Waals surface area contributed by atoms with E-state index in [9.17, 15) is 14.7 Å². The van der Waals surface area contributed by atoms with Crippen LogP contribution < -0.4 is 5.32 Å². The summed E-state index contributed by atoms with van der Waals surface area (Å²) in [6.07, 6.45) is 0.682. The molecule has 0 aliphatic carbocycles. The molecule has 1 fully saturated rings. The molecule has 5 heteroatoms. The summed E-state index contributed by atoms with van der Waals surface area (Å²) in [5.74, 6) is 0.0264. The molecule has 1 atom stereocenters. The Morgan fingerprint density at radius 2 is 1.95 bits per heavy atom. The number of nitrogens with one attached hydrogen (secondary N) is 1. The van der Waals surface area contributed by atoms with Gasteiger partial charge in [0, 0.05) is 5.75 Å². The Morgan fingerprint density at radius 1 is 1.18 bits per heavy atom. The van der Waals surface area contributed by atoms with E-state index in [4.69, 9.17) is 0 Å². The van der Waals surface area contributed by atoms with Crippen LogP contribution in [0.25, 0.3) is 10.8 Å². The van der Waals surface area contributed by atoms with E-state index in [-0.39, 0.29) is 12.3 Å². The maximum absolute atomic E-state index is 12.2. The first kappa shape index (κ1) is 14.9. The van der Waals surface area contributed by atoms with Gasteiger partial charge < -0.3 is 10.4 Å². The van der Waals surface area contributed by atoms with Gasteiger partial charge in [0.15, 0.2) is 0 Å². The summed E-state index contributed by atoms with van der Waals surface area (Å²) in [6.45, 7) is 0. The van der Waals surface area contributed by atoms with Crippen molar-refractivity contribution in [2.45, 2.75) is 18.4 Å². The van der Waals surface area contributed by atoms with Gasteiger partial charge in [-0.25, -0.2) is 4.79 Å². The fourth-order valence-electron chi connectivity index (χ4n) is 2.73. The third kappa shape index (κ3) is 2.95. The van der Waals surface area contributed by atoms with Crippen molar-refractivity contribution in [2.75, 3.05) is 11.5 Å². The molecule has 1 aliphatic heterocycles. The molecule has 0 bridgehead atoms. The van der Waals surface area contributed by atoms with Gasteiger partial charge in [-0.05, 0) is 28.5 Å². The molecule has 2 N–H and O–H groups in total. The number of carbonyl (C=O) groups excluding carboxylic acids is 1. The van der Waals surface area contributed by atoms with Crippen LogP contribution in [0.5, 0.6) is 0 Å². The van der Waals surface area contributed by atoms with Gasteiger partial charge in [0.25, 0.3) is 0 Å². The van der Waals surface area contributed by atoms with Crippen molar-refractivity contribution in [1.29, 1.82) is 0 Å². The van der Waals surface area contributed by atoms with Crippen LogP contribution in [0.15, 0.2) is 42.5 Å². The number of fused-ring (bicyclic) bond motifs is 1. The number of amides is 1. The summed E-state index contributed by atoms with van der Waals surface area (Å²) in [5.41, 5.74) is -0.208. The first-order valence-corrected chi connectivity index (χ1v) is 8.34. The highest BCUT2D eigenvalue weighted by Crippen LogP contribution is 2.28. The highest BCUT2D eigenvalue weighted by Gasteiger charge is 2.43. The van der Waals surface area contributed by atoms with Crippen LogP contribution >= 0.6 is 11.8 Å². The fraction of sp³-hybridized carbons (Fsp3) is 0.294. The molecule has 1 unspecified atom stereocenters. The summed E-state index contributed by atoms with van der Waals surface area (Å²) in [4.78, 5) is 23.7. The lowest BCUT2D eigenvalue weighted by atomic mass is 9.98. The van der Waals surface area contributed by atoms with E-state index in [1.54, 1.807) is 11.8 Å². The van der Waals surface area contributed by atoms with Crippen molar-refractivity contribution in [1.82, 2.24) is 5.32 Å². The lowest BCUT2D eigenvalue weighted by molar-refractivity contribution is -0.146. The van der Waals surface area contributed by atoms with Crippen LogP contribution in [-0.2, 0) is 16.0 Å². The predicted octanol–water partition coefficient (Wildman–Crippen LogP) is 2.46. The quantitative estimate of drug-likeness (QED) is 0.909. The Balaban J connectivity index is 1.74. The van der Waals surface area contributed by atoms with Crippen LogP contribution in [-0.4, -0.2) is 34.0 Å². The SMILES string of the molecule is O=C(Cc1ccc2ccccc2c1)NC1(C(=O)O)CCSC1. The minimum Gasteiger partial charge on any atom is -0.479 e. The smallest absolute Gasteiger partial charge is 0.330 e. The van der Waals surface area contributed by atoms with Crippen molar-refractivity contribution >= 4 is 34.4 Å². The number of thioether (sulfide) groups is 1. The van der Waals surface area contributed by atoms with Gasteiger partial charge >= 0.3 is 5.97 Å². The standard InChI is InChI=1S/C17H17NO3S/c19-15(18-17(16(20)21)7-8-22-11-17)10-12-5-6-13-3-1-2-4-14(13)9-12/h1-6,9H,7-8,10-11H2,(H,18,19)(H,20,21). The second-order valence-corrected chi connectivity index (χ2v) is 6.70. The largest absolute Gasteiger partial charge is 0.479 e. The summed E-state index contributed by atoms with van der Waals surface area (Å²) < 4.78 is 0. The van der Waals surface area contributed by atoms with Gasteiger partial charge in [-0.15, -0.1) is 0 Å². The van der Waals surface area contributed by atoms with E-state index in [1.165, 1.54) is 0 Å². The maximum atomic E-state index is 12.2. The fourth-order valence-corrected chi connectivity index (χ4v) is 4.06. The first-order chi connectivity index (χ1) is 10.6. The number of carbonyl (C=O) groups is 2. The lowest BCUT2D eigenvalue weighted by Crippen LogP contribution is -2.55. The third-order valence-corrected chi connectivity index (χ3v) is 5.18. The summed E-state index contributed by atoms with van der Waals surface area (Å²) in [7, 11) is 0. The Morgan fingerprint density at radius 3 is 2.64 bits per heavy atom. The normalized spacial score (nSPS) is 20.9. The van der Waals surface area contributed by atoms with Crippen molar-refractivity contribution < 1.29 is 14.7 Å². The Hall–Kier alpha value is -2.01. The molecule has 3 rings (SSSR count). The molecule has 0 spiro atoms. The number of rotatable bonds is 4. The minimum absolute atomic E-state index is 0.199. The highest BCUT2D eigenvalue weighted by atomic mass is 32.2. The minimum atomic E-state index is -1.10. The molecule has 0 saturated carbocycles. The van der Waals surface area contributed by atoms with Crippen LogP contribution in [0.2, 0.25) is 0 Å². The zero-order chi connectivity index (χ0) is 15.6. The van der Waals surface area contributed by atoms with Gasteiger partial charge in [0.2, 0.25) is 5.91 Å². The van der Waals surface area contributed by atoms with E-state index in [0.29, 0.717) is 12.2 Å². The average molecular weight is 315 g/mol. The molecule has 1 heterocycles. The van der Waals surface area contributed by atoms with Crippen LogP contribution in [0.3, 0.4) is 0 Å². The van der Waals surface area contributed by atoms with E-state index >= 15 is 0 Å². The molecule has 1 aliphatic rings. The summed E-state index contributed by atoms with van der Waals surface area (Å²) >= 11 is 1.56. The Kier molecular flexibility index (Phi) is 4.07. The zero-order valence-corrected chi connectivity index (χ0v) is 12.9. The molecule has 1 saturated heterocycles. The number of benzene rings is 2. The molecule has 1 amide bonds. The predicted molar refractivity (Wildman–Crippen MR) is 88.1 cm³/mol. The van der Waals surface area contributed by atoms with E-state index in [1.807, 2.05) is 42.5 Å². The zero-order valence-electron chi connectivity index (χ0n) is 12.0. The van der Waals surface area contributed by atoms with Gasteiger partial charge in [-0.1, -0.05) is 42.5 Å². The number of aliphatic carboxylic acids is 1. The van der Waals surface area contributed by atoms with Crippen LogP contribution in [0, 0.1) is 0 Å². The molecule has 2 aromatic rings. The van der Waals surface area contributed by atoms with E-state index in [0.717, 1.165) is 22.1 Å². The summed E-state index contributed by atoms with van der Waals surface area (Å²) in [5, 5.41) is 14.3. The van der Waals surface area contributed by atoms with Crippen molar-refractivity contribution in [3.8, 4) is 0 Å². The number of hydrogen-bond donors (Lipinski definition) is 2. The second-order valence-electron chi connectivity index (χ2n) is 5.60. The monoisotopic (exact) mass is 315 g/mol. The average Bonchev–Trinajstić information content (AvgIpc) is 2.97. The van der Waals surface area contributed by atoms with Gasteiger partial charge in [0.05, 0.1) is 6.42 Å². The van der Waals surface area contributed by atoms with E-state index in [2.05, 4.69) is 5.32 Å². The van der Waals surface area contributed by atoms with E-state index < -0.39 is 11.5 Å². The van der Waals surface area contributed by atoms with Crippen molar-refractivity contribution in [3.05, 3.63) is 48.0 Å². The van der Waals surface area contributed by atoms with Gasteiger partial charge in [0.1, 0.15) is 5.54 Å². The molecule has 114 valence electrons. The van der Waals surface area contributed by atoms with Crippen LogP contribution in [0.1, 0.15) is 12.0 Å². The first-order valence-electron chi connectivity index (χ1n) is 7.19. The molecule has 0 aromatic heterocycles. The van der Waals surface area contributed by atoms with Gasteiger partial charge in [-0.2, -0.15) is 11.8 Å². The second kappa shape index (κ2) is 6.01. The highest BCUT2D eigenvalue weighted by molar-refractivity contribution is 7.99. The van der Waals surface area contributed by atoms with Crippen molar-refractivity contribution in [3.63, 3.8) is 0 Å².